The minimum Gasteiger partial charge on any atom is -0.507 e. The highest BCUT2D eigenvalue weighted by molar-refractivity contribution is 6.51. The monoisotopic (exact) mass is 499 g/mol. The van der Waals surface area contributed by atoms with Gasteiger partial charge in [-0.3, -0.25) is 14.5 Å². The van der Waals surface area contributed by atoms with Crippen molar-refractivity contribution in [2.45, 2.75) is 52.2 Å². The number of anilines is 1. The summed E-state index contributed by atoms with van der Waals surface area (Å²) in [7, 11) is 0. The SMILES string of the molecule is CCCCCOc1ccc(/C(O)=C2\C(=O)C(=O)N(c3ccc(OC(C)C)cc3)C2c2ccccc2)cc1. The van der Waals surface area contributed by atoms with Gasteiger partial charge in [0.25, 0.3) is 11.7 Å². The van der Waals surface area contributed by atoms with Crippen molar-refractivity contribution in [2.75, 3.05) is 11.5 Å². The van der Waals surface area contributed by atoms with Crippen molar-refractivity contribution in [3.63, 3.8) is 0 Å². The lowest BCUT2D eigenvalue weighted by atomic mass is 9.95. The van der Waals surface area contributed by atoms with Gasteiger partial charge in [0, 0.05) is 11.3 Å². The maximum absolute atomic E-state index is 13.3. The zero-order valence-electron chi connectivity index (χ0n) is 21.5. The Kier molecular flexibility index (Phi) is 8.29. The zero-order valence-corrected chi connectivity index (χ0v) is 21.5. The van der Waals surface area contributed by atoms with E-state index in [-0.39, 0.29) is 17.4 Å². The molecule has 1 atom stereocenters. The number of amides is 1. The highest BCUT2D eigenvalue weighted by Gasteiger charge is 2.46. The van der Waals surface area contributed by atoms with Crippen LogP contribution >= 0.6 is 0 Å². The van der Waals surface area contributed by atoms with E-state index < -0.39 is 17.7 Å². The smallest absolute Gasteiger partial charge is 0.300 e. The van der Waals surface area contributed by atoms with Crippen LogP contribution in [0.4, 0.5) is 5.69 Å². The Hall–Kier alpha value is -4.06. The van der Waals surface area contributed by atoms with E-state index in [0.717, 1.165) is 24.8 Å². The first kappa shape index (κ1) is 26.0. The van der Waals surface area contributed by atoms with Gasteiger partial charge in [-0.15, -0.1) is 0 Å². The fourth-order valence-corrected chi connectivity index (χ4v) is 4.41. The number of Topliss-reactive ketones (excluding diaryl/α,β-unsaturated/α-hetero) is 1. The molecule has 1 unspecified atom stereocenters. The molecule has 0 saturated carbocycles. The van der Waals surface area contributed by atoms with Crippen LogP contribution in [0.3, 0.4) is 0 Å². The van der Waals surface area contributed by atoms with Crippen molar-refractivity contribution in [1.82, 2.24) is 0 Å². The molecule has 1 aliphatic heterocycles. The number of ether oxygens (including phenoxy) is 2. The van der Waals surface area contributed by atoms with Gasteiger partial charge in [0.15, 0.2) is 0 Å². The molecular formula is C31H33NO5. The number of benzene rings is 3. The Balaban J connectivity index is 1.71. The second-order valence-corrected chi connectivity index (χ2v) is 9.32. The molecule has 1 aliphatic rings. The van der Waals surface area contributed by atoms with Crippen molar-refractivity contribution < 1.29 is 24.2 Å². The van der Waals surface area contributed by atoms with Crippen molar-refractivity contribution >= 4 is 23.1 Å². The van der Waals surface area contributed by atoms with E-state index in [1.165, 1.54) is 4.90 Å². The molecule has 0 spiro atoms. The van der Waals surface area contributed by atoms with Crippen molar-refractivity contribution in [2.24, 2.45) is 0 Å². The average molecular weight is 500 g/mol. The Morgan fingerprint density at radius 3 is 2.16 bits per heavy atom. The van der Waals surface area contributed by atoms with Gasteiger partial charge in [-0.1, -0.05) is 50.1 Å². The van der Waals surface area contributed by atoms with E-state index in [9.17, 15) is 14.7 Å². The number of carbonyl (C=O) groups excluding carboxylic acids is 2. The Morgan fingerprint density at radius 1 is 0.892 bits per heavy atom. The van der Waals surface area contributed by atoms with Gasteiger partial charge in [0.05, 0.1) is 24.3 Å². The Morgan fingerprint density at radius 2 is 1.54 bits per heavy atom. The maximum Gasteiger partial charge on any atom is 0.300 e. The summed E-state index contributed by atoms with van der Waals surface area (Å²) in [5.41, 5.74) is 1.76. The number of carbonyl (C=O) groups is 2. The van der Waals surface area contributed by atoms with Gasteiger partial charge in [-0.2, -0.15) is 0 Å². The second-order valence-electron chi connectivity index (χ2n) is 9.32. The highest BCUT2D eigenvalue weighted by Crippen LogP contribution is 2.42. The number of hydrogen-bond acceptors (Lipinski definition) is 5. The van der Waals surface area contributed by atoms with Crippen molar-refractivity contribution in [1.29, 1.82) is 0 Å². The standard InChI is InChI=1S/C31H33NO5/c1-4-5-9-20-36-25-16-12-23(13-17-25)29(33)27-28(22-10-7-6-8-11-22)32(31(35)30(27)34)24-14-18-26(19-15-24)37-21(2)3/h6-8,10-19,21,28,33H,4-5,9,20H2,1-3H3/b29-27+. The predicted molar refractivity (Wildman–Crippen MR) is 145 cm³/mol. The number of unbranched alkanes of at least 4 members (excludes halogenated alkanes) is 2. The topological polar surface area (TPSA) is 76.1 Å². The van der Waals surface area contributed by atoms with Crippen molar-refractivity contribution in [3.05, 3.63) is 95.6 Å². The minimum absolute atomic E-state index is 0.0116. The largest absolute Gasteiger partial charge is 0.507 e. The molecule has 6 heteroatoms. The zero-order chi connectivity index (χ0) is 26.4. The number of hydrogen-bond donors (Lipinski definition) is 1. The predicted octanol–water partition coefficient (Wildman–Crippen LogP) is 6.67. The quantitative estimate of drug-likeness (QED) is 0.146. The average Bonchev–Trinajstić information content (AvgIpc) is 3.17. The first-order valence-corrected chi connectivity index (χ1v) is 12.8. The lowest BCUT2D eigenvalue weighted by Crippen LogP contribution is -2.29. The molecule has 3 aromatic rings. The first-order valence-electron chi connectivity index (χ1n) is 12.8. The molecule has 37 heavy (non-hydrogen) atoms. The lowest BCUT2D eigenvalue weighted by molar-refractivity contribution is -0.132. The molecule has 0 aromatic heterocycles. The number of ketones is 1. The molecule has 1 heterocycles. The van der Waals surface area contributed by atoms with E-state index in [1.54, 1.807) is 48.5 Å². The van der Waals surface area contributed by atoms with Crippen LogP contribution in [-0.4, -0.2) is 29.5 Å². The summed E-state index contributed by atoms with van der Waals surface area (Å²) >= 11 is 0. The van der Waals surface area contributed by atoms with E-state index >= 15 is 0 Å². The van der Waals surface area contributed by atoms with Crippen molar-refractivity contribution in [3.8, 4) is 11.5 Å². The molecule has 0 aliphatic carbocycles. The molecule has 1 N–H and O–H groups in total. The molecule has 1 fully saturated rings. The summed E-state index contributed by atoms with van der Waals surface area (Å²) in [4.78, 5) is 28.1. The van der Waals surface area contributed by atoms with Crippen LogP contribution in [0.5, 0.6) is 11.5 Å². The minimum atomic E-state index is -0.775. The third-order valence-electron chi connectivity index (χ3n) is 6.19. The summed E-state index contributed by atoms with van der Waals surface area (Å²) in [5.74, 6) is -0.274. The molecule has 6 nitrogen and oxygen atoms in total. The van der Waals surface area contributed by atoms with Crippen LogP contribution in [0.2, 0.25) is 0 Å². The maximum atomic E-state index is 13.3. The molecule has 3 aromatic carbocycles. The van der Waals surface area contributed by atoms with Crippen LogP contribution in [0, 0.1) is 0 Å². The Bertz CT molecular complexity index is 1250. The first-order chi connectivity index (χ1) is 17.9. The molecule has 192 valence electrons. The number of aliphatic hydroxyl groups excluding tert-OH is 1. The van der Waals surface area contributed by atoms with Crippen LogP contribution in [0.15, 0.2) is 84.4 Å². The summed E-state index contributed by atoms with van der Waals surface area (Å²) < 4.78 is 11.5. The van der Waals surface area contributed by atoms with Gasteiger partial charge in [0.2, 0.25) is 0 Å². The number of nitrogens with zero attached hydrogens (tertiary/aromatic N) is 1. The normalized spacial score (nSPS) is 16.9. The van der Waals surface area contributed by atoms with Crippen LogP contribution in [0.25, 0.3) is 5.76 Å². The third kappa shape index (κ3) is 5.85. The third-order valence-corrected chi connectivity index (χ3v) is 6.19. The van der Waals surface area contributed by atoms with Crippen LogP contribution in [0.1, 0.15) is 57.2 Å². The van der Waals surface area contributed by atoms with E-state index in [0.29, 0.717) is 29.4 Å². The summed E-state index contributed by atoms with van der Waals surface area (Å²) in [6.07, 6.45) is 3.21. The highest BCUT2D eigenvalue weighted by atomic mass is 16.5. The van der Waals surface area contributed by atoms with Gasteiger partial charge >= 0.3 is 0 Å². The summed E-state index contributed by atoms with van der Waals surface area (Å²) in [5, 5.41) is 11.3. The molecule has 1 amide bonds. The second kappa shape index (κ2) is 11.8. The molecule has 1 saturated heterocycles. The van der Waals surface area contributed by atoms with Gasteiger partial charge < -0.3 is 14.6 Å². The molecule has 0 radical (unpaired) electrons. The van der Waals surface area contributed by atoms with E-state index in [1.807, 2.05) is 44.2 Å². The Labute approximate surface area is 218 Å². The van der Waals surface area contributed by atoms with E-state index in [2.05, 4.69) is 6.92 Å². The molecule has 0 bridgehead atoms. The van der Waals surface area contributed by atoms with Gasteiger partial charge in [0.1, 0.15) is 17.3 Å². The molecular weight excluding hydrogens is 466 g/mol. The summed E-state index contributed by atoms with van der Waals surface area (Å²) in [6, 6.07) is 22.5. The number of aliphatic hydroxyl groups is 1. The summed E-state index contributed by atoms with van der Waals surface area (Å²) in [6.45, 7) is 6.64. The number of rotatable bonds is 10. The van der Waals surface area contributed by atoms with Gasteiger partial charge in [-0.05, 0) is 74.4 Å². The van der Waals surface area contributed by atoms with Crippen LogP contribution in [-0.2, 0) is 9.59 Å². The van der Waals surface area contributed by atoms with Gasteiger partial charge in [-0.25, -0.2) is 0 Å². The van der Waals surface area contributed by atoms with E-state index in [4.69, 9.17) is 9.47 Å². The fraction of sp³-hybridized carbons (Fsp3) is 0.290. The molecule has 4 rings (SSSR count). The lowest BCUT2D eigenvalue weighted by Gasteiger charge is -2.25. The fourth-order valence-electron chi connectivity index (χ4n) is 4.41. The van der Waals surface area contributed by atoms with Crippen LogP contribution < -0.4 is 14.4 Å².